The van der Waals surface area contributed by atoms with E-state index < -0.39 is 5.97 Å². The lowest BCUT2D eigenvalue weighted by molar-refractivity contribution is -0.142. The predicted molar refractivity (Wildman–Crippen MR) is 89.1 cm³/mol. The van der Waals surface area contributed by atoms with Crippen LogP contribution >= 0.6 is 0 Å². The van der Waals surface area contributed by atoms with Crippen LogP contribution in [0.2, 0.25) is 0 Å². The Kier molecular flexibility index (Phi) is 4.83. The van der Waals surface area contributed by atoms with E-state index in [1.807, 2.05) is 0 Å². The molecule has 0 spiro atoms. The standard InChI is InChI=1S/C18H20FN3O3/c1-11-16(10-20-22(11)15-8-4-13(19)5-9-15)17(23)21-14-6-2-12(3-7-14)18(24)25/h4-5,8-10,12,14H,2-3,6-7H2,1H3,(H,21,23)(H,24,25). The molecule has 1 fully saturated rings. The van der Waals surface area contributed by atoms with Crippen LogP contribution in [-0.2, 0) is 4.79 Å². The highest BCUT2D eigenvalue weighted by atomic mass is 19.1. The molecule has 1 saturated carbocycles. The molecule has 2 N–H and O–H groups in total. The molecular weight excluding hydrogens is 325 g/mol. The zero-order chi connectivity index (χ0) is 18.0. The van der Waals surface area contributed by atoms with Crippen molar-refractivity contribution in [2.24, 2.45) is 5.92 Å². The molecule has 1 aliphatic rings. The third-order valence-corrected chi connectivity index (χ3v) is 4.74. The van der Waals surface area contributed by atoms with Crippen LogP contribution in [0.4, 0.5) is 4.39 Å². The van der Waals surface area contributed by atoms with Crippen LogP contribution in [0.5, 0.6) is 0 Å². The molecule has 1 aromatic heterocycles. The zero-order valence-corrected chi connectivity index (χ0v) is 13.9. The Morgan fingerprint density at radius 2 is 1.84 bits per heavy atom. The van der Waals surface area contributed by atoms with Crippen LogP contribution in [0.3, 0.4) is 0 Å². The highest BCUT2D eigenvalue weighted by molar-refractivity contribution is 5.95. The summed E-state index contributed by atoms with van der Waals surface area (Å²) in [6, 6.07) is 5.87. The van der Waals surface area contributed by atoms with Gasteiger partial charge in [-0.1, -0.05) is 0 Å². The zero-order valence-electron chi connectivity index (χ0n) is 13.9. The van der Waals surface area contributed by atoms with Gasteiger partial charge < -0.3 is 10.4 Å². The normalized spacial score (nSPS) is 20.2. The third kappa shape index (κ3) is 3.70. The van der Waals surface area contributed by atoms with E-state index in [2.05, 4.69) is 10.4 Å². The fourth-order valence-corrected chi connectivity index (χ4v) is 3.22. The number of carbonyl (C=O) groups is 2. The van der Waals surface area contributed by atoms with Gasteiger partial charge in [0.2, 0.25) is 0 Å². The predicted octanol–water partition coefficient (Wildman–Crippen LogP) is 2.69. The molecule has 2 aromatic rings. The molecule has 1 heterocycles. The maximum absolute atomic E-state index is 13.0. The van der Waals surface area contributed by atoms with Crippen molar-refractivity contribution in [3.63, 3.8) is 0 Å². The van der Waals surface area contributed by atoms with E-state index in [4.69, 9.17) is 5.11 Å². The number of nitrogens with one attached hydrogen (secondary N) is 1. The summed E-state index contributed by atoms with van der Waals surface area (Å²) < 4.78 is 14.6. The fourth-order valence-electron chi connectivity index (χ4n) is 3.22. The Morgan fingerprint density at radius 3 is 2.44 bits per heavy atom. The maximum Gasteiger partial charge on any atom is 0.306 e. The minimum Gasteiger partial charge on any atom is -0.481 e. The molecule has 3 rings (SSSR count). The van der Waals surface area contributed by atoms with Crippen molar-refractivity contribution >= 4 is 11.9 Å². The molecule has 0 atom stereocenters. The topological polar surface area (TPSA) is 84.2 Å². The average Bonchev–Trinajstić information content (AvgIpc) is 2.98. The molecule has 1 aliphatic carbocycles. The Balaban J connectivity index is 1.67. The molecule has 7 heteroatoms. The highest BCUT2D eigenvalue weighted by Crippen LogP contribution is 2.25. The Morgan fingerprint density at radius 1 is 1.20 bits per heavy atom. The Hall–Kier alpha value is -2.70. The van der Waals surface area contributed by atoms with Gasteiger partial charge >= 0.3 is 5.97 Å². The molecular formula is C18H20FN3O3. The van der Waals surface area contributed by atoms with Gasteiger partial charge in [-0.2, -0.15) is 5.10 Å². The molecule has 0 aliphatic heterocycles. The van der Waals surface area contributed by atoms with Gasteiger partial charge in [0, 0.05) is 6.04 Å². The second-order valence-electron chi connectivity index (χ2n) is 6.39. The first-order valence-corrected chi connectivity index (χ1v) is 8.30. The van der Waals surface area contributed by atoms with E-state index in [-0.39, 0.29) is 23.7 Å². The molecule has 0 radical (unpaired) electrons. The number of rotatable bonds is 4. The summed E-state index contributed by atoms with van der Waals surface area (Å²) in [6.07, 6.45) is 3.97. The molecule has 0 unspecified atom stereocenters. The summed E-state index contributed by atoms with van der Waals surface area (Å²) in [6.45, 7) is 1.78. The Bertz CT molecular complexity index is 777. The minimum atomic E-state index is -0.763. The van der Waals surface area contributed by atoms with Crippen molar-refractivity contribution in [2.75, 3.05) is 0 Å². The second-order valence-corrected chi connectivity index (χ2v) is 6.39. The van der Waals surface area contributed by atoms with Crippen LogP contribution in [-0.4, -0.2) is 32.8 Å². The second kappa shape index (κ2) is 7.04. The number of hydrogen-bond donors (Lipinski definition) is 2. The van der Waals surface area contributed by atoms with Gasteiger partial charge in [-0.15, -0.1) is 0 Å². The minimum absolute atomic E-state index is 0.0170. The average molecular weight is 345 g/mol. The number of hydrogen-bond acceptors (Lipinski definition) is 3. The van der Waals surface area contributed by atoms with Crippen molar-refractivity contribution in [1.82, 2.24) is 15.1 Å². The number of carboxylic acids is 1. The van der Waals surface area contributed by atoms with Gasteiger partial charge in [-0.05, 0) is 56.9 Å². The largest absolute Gasteiger partial charge is 0.481 e. The van der Waals surface area contributed by atoms with E-state index >= 15 is 0 Å². The van der Waals surface area contributed by atoms with Crippen molar-refractivity contribution in [3.05, 3.63) is 47.5 Å². The van der Waals surface area contributed by atoms with E-state index in [1.165, 1.54) is 18.3 Å². The number of carboxylic acid groups (broad SMARTS) is 1. The van der Waals surface area contributed by atoms with Gasteiger partial charge in [0.05, 0.1) is 29.1 Å². The molecule has 6 nitrogen and oxygen atoms in total. The van der Waals surface area contributed by atoms with Crippen LogP contribution < -0.4 is 5.32 Å². The first-order chi connectivity index (χ1) is 12.0. The molecule has 1 amide bonds. The quantitative estimate of drug-likeness (QED) is 0.892. The van der Waals surface area contributed by atoms with Crippen LogP contribution in [0, 0.1) is 18.7 Å². The van der Waals surface area contributed by atoms with Gasteiger partial charge in [-0.3, -0.25) is 9.59 Å². The lowest BCUT2D eigenvalue weighted by atomic mass is 9.86. The number of nitrogens with zero attached hydrogens (tertiary/aromatic N) is 2. The summed E-state index contributed by atoms with van der Waals surface area (Å²) in [5.74, 6) is -1.62. The van der Waals surface area contributed by atoms with Gasteiger partial charge in [0.25, 0.3) is 5.91 Å². The number of halogens is 1. The first-order valence-electron chi connectivity index (χ1n) is 8.30. The summed E-state index contributed by atoms with van der Waals surface area (Å²) in [5.41, 5.74) is 1.81. The molecule has 25 heavy (non-hydrogen) atoms. The van der Waals surface area contributed by atoms with E-state index in [1.54, 1.807) is 23.7 Å². The van der Waals surface area contributed by atoms with E-state index in [0.717, 1.165) is 0 Å². The number of benzene rings is 1. The molecule has 132 valence electrons. The highest BCUT2D eigenvalue weighted by Gasteiger charge is 2.27. The van der Waals surface area contributed by atoms with Gasteiger partial charge in [0.1, 0.15) is 5.82 Å². The fraction of sp³-hybridized carbons (Fsp3) is 0.389. The number of carbonyl (C=O) groups excluding carboxylic acids is 1. The summed E-state index contributed by atoms with van der Waals surface area (Å²) in [4.78, 5) is 23.5. The Labute approximate surface area is 144 Å². The first kappa shape index (κ1) is 17.1. The number of aromatic nitrogens is 2. The SMILES string of the molecule is Cc1c(C(=O)NC2CCC(C(=O)O)CC2)cnn1-c1ccc(F)cc1. The van der Waals surface area contributed by atoms with Gasteiger partial charge in [-0.25, -0.2) is 9.07 Å². The maximum atomic E-state index is 13.0. The van der Waals surface area contributed by atoms with E-state index in [0.29, 0.717) is 42.6 Å². The van der Waals surface area contributed by atoms with Crippen LogP contribution in [0.1, 0.15) is 41.7 Å². The molecule has 1 aromatic carbocycles. The molecule has 0 saturated heterocycles. The van der Waals surface area contributed by atoms with E-state index in [9.17, 15) is 14.0 Å². The van der Waals surface area contributed by atoms with Crippen molar-refractivity contribution in [2.45, 2.75) is 38.6 Å². The van der Waals surface area contributed by atoms with Gasteiger partial charge in [0.15, 0.2) is 0 Å². The third-order valence-electron chi connectivity index (χ3n) is 4.74. The number of aliphatic carboxylic acids is 1. The summed E-state index contributed by atoms with van der Waals surface area (Å²) >= 11 is 0. The van der Waals surface area contributed by atoms with Crippen LogP contribution in [0.15, 0.2) is 30.5 Å². The lowest BCUT2D eigenvalue weighted by Gasteiger charge is -2.26. The van der Waals surface area contributed by atoms with Crippen LogP contribution in [0.25, 0.3) is 5.69 Å². The summed E-state index contributed by atoms with van der Waals surface area (Å²) in [5, 5.41) is 16.2. The molecule has 0 bridgehead atoms. The van der Waals surface area contributed by atoms with Crippen molar-refractivity contribution in [3.8, 4) is 5.69 Å². The number of amides is 1. The van der Waals surface area contributed by atoms with Crippen molar-refractivity contribution < 1.29 is 19.1 Å². The lowest BCUT2D eigenvalue weighted by Crippen LogP contribution is -2.38. The summed E-state index contributed by atoms with van der Waals surface area (Å²) in [7, 11) is 0. The monoisotopic (exact) mass is 345 g/mol. The smallest absolute Gasteiger partial charge is 0.306 e. The van der Waals surface area contributed by atoms with Crippen molar-refractivity contribution in [1.29, 1.82) is 0 Å².